The number of hydrogen-bond donors (Lipinski definition) is 0. The van der Waals surface area contributed by atoms with Crippen LogP contribution in [-0.2, 0) is 14.3 Å². The van der Waals surface area contributed by atoms with E-state index in [0.29, 0.717) is 17.9 Å². The van der Waals surface area contributed by atoms with E-state index in [9.17, 15) is 9.59 Å². The van der Waals surface area contributed by atoms with Gasteiger partial charge in [0.2, 0.25) is 0 Å². The Labute approximate surface area is 145 Å². The van der Waals surface area contributed by atoms with Crippen molar-refractivity contribution < 1.29 is 14.3 Å². The van der Waals surface area contributed by atoms with Gasteiger partial charge in [-0.15, -0.1) is 0 Å². The molecule has 0 aliphatic carbocycles. The van der Waals surface area contributed by atoms with Gasteiger partial charge in [-0.1, -0.05) is 11.6 Å². The number of halogens is 1. The summed E-state index contributed by atoms with van der Waals surface area (Å²) in [7, 11) is 0. The monoisotopic (exact) mass is 350 g/mol. The van der Waals surface area contributed by atoms with Crippen molar-refractivity contribution in [2.45, 2.75) is 33.3 Å². The van der Waals surface area contributed by atoms with Gasteiger partial charge in [-0.05, 0) is 32.9 Å². The fraction of sp³-hybridized carbons (Fsp3) is 0.375. The third kappa shape index (κ3) is 3.73. The predicted molar refractivity (Wildman–Crippen MR) is 90.2 cm³/mol. The van der Waals surface area contributed by atoms with E-state index >= 15 is 0 Å². The molecule has 1 amide bonds. The smallest absolute Gasteiger partial charge is 0.303 e. The Balaban J connectivity index is 2.36. The molecule has 0 bridgehead atoms. The number of rotatable bonds is 5. The zero-order valence-electron chi connectivity index (χ0n) is 14.0. The van der Waals surface area contributed by atoms with Gasteiger partial charge in [-0.25, -0.2) is 4.68 Å². The lowest BCUT2D eigenvalue weighted by Crippen LogP contribution is -2.48. The van der Waals surface area contributed by atoms with E-state index in [0.717, 1.165) is 0 Å². The van der Waals surface area contributed by atoms with Crippen molar-refractivity contribution in [3.63, 3.8) is 0 Å². The summed E-state index contributed by atoms with van der Waals surface area (Å²) in [6.07, 6.45) is 4.93. The topological polar surface area (TPSA) is 77.3 Å². The van der Waals surface area contributed by atoms with Gasteiger partial charge >= 0.3 is 5.97 Å². The molecule has 24 heavy (non-hydrogen) atoms. The first kappa shape index (κ1) is 17.9. The third-order valence-corrected chi connectivity index (χ3v) is 3.60. The number of carbonyl (C=O) groups is 2. The maximum absolute atomic E-state index is 12.8. The van der Waals surface area contributed by atoms with Crippen molar-refractivity contribution >= 4 is 29.2 Å². The highest BCUT2D eigenvalue weighted by atomic mass is 35.5. The van der Waals surface area contributed by atoms with Crippen LogP contribution in [0, 0.1) is 0 Å². The second-order valence-corrected chi connectivity index (χ2v) is 5.97. The highest BCUT2D eigenvalue weighted by Crippen LogP contribution is 2.28. The van der Waals surface area contributed by atoms with Crippen LogP contribution in [0.3, 0.4) is 0 Å². The minimum Gasteiger partial charge on any atom is -0.450 e. The van der Waals surface area contributed by atoms with Gasteiger partial charge in [-0.3, -0.25) is 14.6 Å². The standard InChI is InChI=1S/C16H19ClN4O3/c1-5-20(15(23)16(3,4)24-11(2)22)13-10-21(19-14(13)17)12-7-6-8-18-9-12/h6-10H,5H2,1-4H3. The van der Waals surface area contributed by atoms with Crippen molar-refractivity contribution in [1.82, 2.24) is 14.8 Å². The lowest BCUT2D eigenvalue weighted by atomic mass is 10.1. The Morgan fingerprint density at radius 2 is 2.12 bits per heavy atom. The molecule has 0 N–H and O–H groups in total. The molecule has 2 rings (SSSR count). The first-order valence-corrected chi connectivity index (χ1v) is 7.81. The van der Waals surface area contributed by atoms with Gasteiger partial charge in [0, 0.05) is 19.7 Å². The number of pyridine rings is 1. The first-order valence-electron chi connectivity index (χ1n) is 7.43. The number of likely N-dealkylation sites (N-methyl/N-ethyl adjacent to an activating group) is 1. The van der Waals surface area contributed by atoms with Crippen LogP contribution in [0.15, 0.2) is 30.7 Å². The Hall–Kier alpha value is -2.41. The van der Waals surface area contributed by atoms with E-state index in [1.54, 1.807) is 50.1 Å². The quantitative estimate of drug-likeness (QED) is 0.775. The van der Waals surface area contributed by atoms with Gasteiger partial charge in [0.25, 0.3) is 5.91 Å². The van der Waals surface area contributed by atoms with Crippen molar-refractivity contribution in [3.8, 4) is 5.69 Å². The molecule has 0 atom stereocenters. The molecule has 0 aliphatic rings. The van der Waals surface area contributed by atoms with E-state index in [-0.39, 0.29) is 11.1 Å². The molecule has 2 aromatic rings. The zero-order valence-corrected chi connectivity index (χ0v) is 14.7. The number of aromatic nitrogens is 3. The van der Waals surface area contributed by atoms with E-state index in [4.69, 9.17) is 16.3 Å². The lowest BCUT2D eigenvalue weighted by Gasteiger charge is -2.30. The summed E-state index contributed by atoms with van der Waals surface area (Å²) in [5.74, 6) is -0.908. The largest absolute Gasteiger partial charge is 0.450 e. The predicted octanol–water partition coefficient (Wildman–Crippen LogP) is 2.62. The summed E-state index contributed by atoms with van der Waals surface area (Å²) < 4.78 is 6.67. The van der Waals surface area contributed by atoms with E-state index in [1.807, 2.05) is 6.07 Å². The van der Waals surface area contributed by atoms with Crippen LogP contribution in [0.5, 0.6) is 0 Å². The molecule has 0 saturated carbocycles. The molecule has 0 aromatic carbocycles. The second-order valence-electron chi connectivity index (χ2n) is 5.61. The molecule has 0 aliphatic heterocycles. The fourth-order valence-electron chi connectivity index (χ4n) is 2.30. The Kier molecular flexibility index (Phi) is 5.23. The maximum atomic E-state index is 12.8. The molecule has 0 saturated heterocycles. The Morgan fingerprint density at radius 3 is 2.67 bits per heavy atom. The summed E-state index contributed by atoms with van der Waals surface area (Å²) in [4.78, 5) is 29.5. The number of ether oxygens (including phenoxy) is 1. The molecule has 0 radical (unpaired) electrons. The third-order valence-electron chi connectivity index (χ3n) is 3.33. The minimum atomic E-state index is -1.30. The number of amides is 1. The average Bonchev–Trinajstić information content (AvgIpc) is 2.90. The van der Waals surface area contributed by atoms with Crippen LogP contribution < -0.4 is 4.90 Å². The SMILES string of the molecule is CCN(C(=O)C(C)(C)OC(C)=O)c1cn(-c2cccnc2)nc1Cl. The Bertz CT molecular complexity index is 743. The highest BCUT2D eigenvalue weighted by Gasteiger charge is 2.36. The summed E-state index contributed by atoms with van der Waals surface area (Å²) in [6.45, 7) is 6.50. The van der Waals surface area contributed by atoms with Crippen molar-refractivity contribution in [2.75, 3.05) is 11.4 Å². The summed E-state index contributed by atoms with van der Waals surface area (Å²) in [6, 6.07) is 3.60. The van der Waals surface area contributed by atoms with Gasteiger partial charge in [0.1, 0.15) is 5.69 Å². The van der Waals surface area contributed by atoms with Crippen molar-refractivity contribution in [2.24, 2.45) is 0 Å². The van der Waals surface area contributed by atoms with Crippen LogP contribution in [0.2, 0.25) is 5.15 Å². The van der Waals surface area contributed by atoms with Crippen molar-refractivity contribution in [1.29, 1.82) is 0 Å². The highest BCUT2D eigenvalue weighted by molar-refractivity contribution is 6.32. The van der Waals surface area contributed by atoms with Crippen molar-refractivity contribution in [3.05, 3.63) is 35.9 Å². The summed E-state index contributed by atoms with van der Waals surface area (Å²) in [5, 5.41) is 4.39. The summed E-state index contributed by atoms with van der Waals surface area (Å²) >= 11 is 6.21. The van der Waals surface area contributed by atoms with Gasteiger partial charge in [0.15, 0.2) is 10.8 Å². The van der Waals surface area contributed by atoms with Gasteiger partial charge < -0.3 is 9.64 Å². The lowest BCUT2D eigenvalue weighted by molar-refractivity contribution is -0.161. The van der Waals surface area contributed by atoms with Gasteiger partial charge in [-0.2, -0.15) is 5.10 Å². The first-order chi connectivity index (χ1) is 11.3. The molecule has 0 fully saturated rings. The van der Waals surface area contributed by atoms with E-state index in [2.05, 4.69) is 10.1 Å². The molecule has 7 nitrogen and oxygen atoms in total. The number of nitrogens with zero attached hydrogens (tertiary/aromatic N) is 4. The maximum Gasteiger partial charge on any atom is 0.303 e. The molecule has 0 spiro atoms. The van der Waals surface area contributed by atoms with Crippen LogP contribution in [-0.4, -0.2) is 38.8 Å². The second kappa shape index (κ2) is 7.00. The zero-order chi connectivity index (χ0) is 17.9. The molecular weight excluding hydrogens is 332 g/mol. The summed E-state index contributed by atoms with van der Waals surface area (Å²) in [5.41, 5.74) is -0.150. The van der Waals surface area contributed by atoms with Crippen LogP contribution in [0.4, 0.5) is 5.69 Å². The van der Waals surface area contributed by atoms with Crippen LogP contribution in [0.25, 0.3) is 5.69 Å². The molecule has 2 aromatic heterocycles. The Morgan fingerprint density at radius 1 is 1.42 bits per heavy atom. The molecule has 8 heteroatoms. The number of anilines is 1. The molecular formula is C16H19ClN4O3. The number of hydrogen-bond acceptors (Lipinski definition) is 5. The van der Waals surface area contributed by atoms with Gasteiger partial charge in [0.05, 0.1) is 18.1 Å². The normalized spacial score (nSPS) is 11.2. The van der Waals surface area contributed by atoms with E-state index in [1.165, 1.54) is 11.8 Å². The molecule has 0 unspecified atom stereocenters. The molecule has 128 valence electrons. The van der Waals surface area contributed by atoms with E-state index < -0.39 is 11.6 Å². The van der Waals surface area contributed by atoms with Crippen LogP contribution >= 0.6 is 11.6 Å². The van der Waals surface area contributed by atoms with Crippen LogP contribution in [0.1, 0.15) is 27.7 Å². The minimum absolute atomic E-state index is 0.174. The number of carbonyl (C=O) groups excluding carboxylic acids is 2. The molecule has 2 heterocycles. The fourth-order valence-corrected chi connectivity index (χ4v) is 2.53. The number of esters is 1. The average molecular weight is 351 g/mol.